The Hall–Kier alpha value is -0.920. The second-order valence-electron chi connectivity index (χ2n) is 5.44. The monoisotopic (exact) mass is 486 g/mol. The van der Waals surface area contributed by atoms with Crippen LogP contribution < -0.4 is 0 Å². The van der Waals surface area contributed by atoms with Crippen molar-refractivity contribution in [2.75, 3.05) is 26.2 Å². The van der Waals surface area contributed by atoms with Crippen molar-refractivity contribution >= 4 is 47.3 Å². The lowest BCUT2D eigenvalue weighted by Crippen LogP contribution is -2.50. The first-order chi connectivity index (χ1) is 12.1. The van der Waals surface area contributed by atoms with E-state index in [4.69, 9.17) is 0 Å². The van der Waals surface area contributed by atoms with Crippen molar-refractivity contribution in [3.05, 3.63) is 45.8 Å². The Morgan fingerprint density at radius 3 is 1.92 bits per heavy atom. The number of sulfonamides is 2. The molecular weight excluding hydrogens is 474 g/mol. The van der Waals surface area contributed by atoms with Gasteiger partial charge < -0.3 is 0 Å². The van der Waals surface area contributed by atoms with Gasteiger partial charge in [-0.25, -0.2) is 25.6 Å². The molecule has 0 saturated carbocycles. The predicted octanol–water partition coefficient (Wildman–Crippen LogP) is 2.48. The first-order valence-corrected chi connectivity index (χ1v) is 11.8. The van der Waals surface area contributed by atoms with Crippen LogP contribution in [0.3, 0.4) is 0 Å². The number of benzene rings is 1. The highest BCUT2D eigenvalue weighted by atomic mass is 79.9. The maximum Gasteiger partial charge on any atom is 0.252 e. The molecule has 0 bridgehead atoms. The molecule has 3 rings (SSSR count). The van der Waals surface area contributed by atoms with Gasteiger partial charge in [0.1, 0.15) is 4.21 Å². The Balaban J connectivity index is 1.76. The van der Waals surface area contributed by atoms with Gasteiger partial charge in [0, 0.05) is 26.2 Å². The lowest BCUT2D eigenvalue weighted by molar-refractivity contribution is 0.273. The lowest BCUT2D eigenvalue weighted by Gasteiger charge is -2.32. The normalized spacial score (nSPS) is 17.5. The molecule has 1 saturated heterocycles. The zero-order valence-corrected chi connectivity index (χ0v) is 17.1. The summed E-state index contributed by atoms with van der Waals surface area (Å²) in [5.41, 5.74) is 0. The standard InChI is InChI=1S/C14H13BrF2N2O4S3/c15-13-3-4-14(24-13)26(22,23)19-7-5-18(6-8-19)25(20,21)10-1-2-11(16)12(17)9-10/h1-4,9H,5-8H2. The number of thiophene rings is 1. The Morgan fingerprint density at radius 1 is 0.846 bits per heavy atom. The molecule has 0 unspecified atom stereocenters. The average Bonchev–Trinajstić information content (AvgIpc) is 3.04. The van der Waals surface area contributed by atoms with E-state index in [9.17, 15) is 25.6 Å². The fourth-order valence-electron chi connectivity index (χ4n) is 2.50. The van der Waals surface area contributed by atoms with Gasteiger partial charge in [-0.15, -0.1) is 11.3 Å². The van der Waals surface area contributed by atoms with Crippen LogP contribution in [0.1, 0.15) is 0 Å². The molecule has 0 aliphatic carbocycles. The van der Waals surface area contributed by atoms with Gasteiger partial charge in [0.15, 0.2) is 11.6 Å². The average molecular weight is 487 g/mol. The van der Waals surface area contributed by atoms with E-state index >= 15 is 0 Å². The number of nitrogens with zero attached hydrogens (tertiary/aromatic N) is 2. The number of rotatable bonds is 4. The van der Waals surface area contributed by atoms with Gasteiger partial charge in [-0.05, 0) is 46.3 Å². The summed E-state index contributed by atoms with van der Waals surface area (Å²) in [4.78, 5) is -0.366. The third-order valence-corrected chi connectivity index (χ3v) is 9.75. The van der Waals surface area contributed by atoms with Crippen molar-refractivity contribution in [2.45, 2.75) is 9.10 Å². The van der Waals surface area contributed by atoms with Crippen LogP contribution >= 0.6 is 27.3 Å². The molecule has 1 fully saturated rings. The van der Waals surface area contributed by atoms with Crippen LogP contribution in [0.5, 0.6) is 0 Å². The van der Waals surface area contributed by atoms with Crippen LogP contribution in [-0.2, 0) is 20.0 Å². The first-order valence-electron chi connectivity index (χ1n) is 7.33. The molecule has 1 aliphatic heterocycles. The minimum absolute atomic E-state index is 0.0270. The molecule has 0 N–H and O–H groups in total. The summed E-state index contributed by atoms with van der Waals surface area (Å²) in [5.74, 6) is -2.39. The Morgan fingerprint density at radius 2 is 1.42 bits per heavy atom. The molecule has 142 valence electrons. The van der Waals surface area contributed by atoms with Crippen LogP contribution in [0.15, 0.2) is 43.2 Å². The quantitative estimate of drug-likeness (QED) is 0.665. The van der Waals surface area contributed by atoms with Crippen LogP contribution in [0.2, 0.25) is 0 Å². The van der Waals surface area contributed by atoms with Crippen molar-refractivity contribution in [3.8, 4) is 0 Å². The Kier molecular flexibility index (Phi) is 5.53. The molecule has 1 aromatic carbocycles. The third kappa shape index (κ3) is 3.71. The largest absolute Gasteiger partial charge is 0.252 e. The molecule has 0 atom stereocenters. The summed E-state index contributed by atoms with van der Waals surface area (Å²) in [7, 11) is -7.73. The summed E-state index contributed by atoms with van der Waals surface area (Å²) < 4.78 is 79.7. The van der Waals surface area contributed by atoms with Crippen molar-refractivity contribution in [1.82, 2.24) is 8.61 Å². The van der Waals surface area contributed by atoms with Crippen LogP contribution in [0, 0.1) is 11.6 Å². The van der Waals surface area contributed by atoms with Gasteiger partial charge in [-0.1, -0.05) is 0 Å². The fraction of sp³-hybridized carbons (Fsp3) is 0.286. The van der Waals surface area contributed by atoms with Crippen molar-refractivity contribution in [3.63, 3.8) is 0 Å². The van der Waals surface area contributed by atoms with Crippen molar-refractivity contribution < 1.29 is 25.6 Å². The van der Waals surface area contributed by atoms with E-state index in [1.807, 2.05) is 0 Å². The van der Waals surface area contributed by atoms with E-state index in [1.165, 1.54) is 10.4 Å². The SMILES string of the molecule is O=S(=O)(c1ccc(F)c(F)c1)N1CCN(S(=O)(=O)c2ccc(Br)s2)CC1. The summed E-state index contributed by atoms with van der Waals surface area (Å²) in [6, 6.07) is 5.46. The summed E-state index contributed by atoms with van der Waals surface area (Å²) in [5, 5.41) is 0. The second kappa shape index (κ2) is 7.24. The molecule has 1 aromatic heterocycles. The van der Waals surface area contributed by atoms with E-state index in [0.717, 1.165) is 27.8 Å². The van der Waals surface area contributed by atoms with Gasteiger partial charge in [-0.2, -0.15) is 8.61 Å². The maximum absolute atomic E-state index is 13.3. The predicted molar refractivity (Wildman–Crippen MR) is 95.9 cm³/mol. The minimum Gasteiger partial charge on any atom is -0.207 e. The number of hydrogen-bond acceptors (Lipinski definition) is 5. The molecule has 0 spiro atoms. The molecule has 2 aromatic rings. The van der Waals surface area contributed by atoms with E-state index in [1.54, 1.807) is 6.07 Å². The zero-order chi connectivity index (χ0) is 19.1. The van der Waals surface area contributed by atoms with Gasteiger partial charge in [0.25, 0.3) is 10.0 Å². The summed E-state index contributed by atoms with van der Waals surface area (Å²) in [6.45, 7) is -0.207. The third-order valence-electron chi connectivity index (χ3n) is 3.87. The topological polar surface area (TPSA) is 74.8 Å². The van der Waals surface area contributed by atoms with E-state index in [2.05, 4.69) is 15.9 Å². The zero-order valence-electron chi connectivity index (χ0n) is 13.1. The molecule has 26 heavy (non-hydrogen) atoms. The first kappa shape index (κ1) is 19.8. The summed E-state index contributed by atoms with van der Waals surface area (Å²) in [6.07, 6.45) is 0. The van der Waals surface area contributed by atoms with Gasteiger partial charge in [-0.3, -0.25) is 0 Å². The Bertz CT molecular complexity index is 1030. The van der Waals surface area contributed by atoms with Crippen LogP contribution in [-0.4, -0.2) is 51.6 Å². The van der Waals surface area contributed by atoms with Gasteiger partial charge in [0.2, 0.25) is 10.0 Å². The molecule has 0 amide bonds. The molecule has 6 nitrogen and oxygen atoms in total. The number of hydrogen-bond donors (Lipinski definition) is 0. The lowest BCUT2D eigenvalue weighted by atomic mass is 10.3. The molecule has 0 radical (unpaired) electrons. The van der Waals surface area contributed by atoms with Crippen LogP contribution in [0.4, 0.5) is 8.78 Å². The van der Waals surface area contributed by atoms with Crippen LogP contribution in [0.25, 0.3) is 0 Å². The van der Waals surface area contributed by atoms with Crippen molar-refractivity contribution in [1.29, 1.82) is 0 Å². The van der Waals surface area contributed by atoms with Gasteiger partial charge in [0.05, 0.1) is 8.68 Å². The van der Waals surface area contributed by atoms with Gasteiger partial charge >= 0.3 is 0 Å². The molecule has 1 aliphatic rings. The Labute approximate surface area is 162 Å². The number of halogens is 3. The minimum atomic E-state index is -4.03. The summed E-state index contributed by atoms with van der Waals surface area (Å²) >= 11 is 4.28. The molecular formula is C14H13BrF2N2O4S3. The second-order valence-corrected chi connectivity index (χ2v) is 12.0. The molecule has 12 heteroatoms. The maximum atomic E-state index is 13.3. The highest BCUT2D eigenvalue weighted by molar-refractivity contribution is 9.11. The van der Waals surface area contributed by atoms with E-state index < -0.39 is 31.7 Å². The van der Waals surface area contributed by atoms with Crippen molar-refractivity contribution in [2.24, 2.45) is 0 Å². The number of piperazine rings is 1. The highest BCUT2D eigenvalue weighted by Gasteiger charge is 2.34. The van der Waals surface area contributed by atoms with E-state index in [-0.39, 0.29) is 35.3 Å². The molecule has 2 heterocycles. The fourth-order valence-corrected chi connectivity index (χ4v) is 7.52. The smallest absolute Gasteiger partial charge is 0.207 e. The highest BCUT2D eigenvalue weighted by Crippen LogP contribution is 2.29. The van der Waals surface area contributed by atoms with E-state index in [0.29, 0.717) is 9.85 Å².